The molecule has 2 aliphatic rings. The summed E-state index contributed by atoms with van der Waals surface area (Å²) < 4.78 is 0. The van der Waals surface area contributed by atoms with Crippen LogP contribution in [0.5, 0.6) is 0 Å². The summed E-state index contributed by atoms with van der Waals surface area (Å²) in [5.41, 5.74) is 6.25. The normalized spacial score (nSPS) is 20.4. The standard InChI is InChI=1S/C27H36N2O/c1-3-26(25-15-14-22-8-4-5-9-24(22)17-25)28-27(30)23-12-10-21(11-13-23)19-29-16-6-7-20(2)18-29/h10-15,17,20,26H,3-9,16,18-19H2,1-2H3,(H,28,30). The summed E-state index contributed by atoms with van der Waals surface area (Å²) in [5, 5.41) is 3.26. The minimum absolute atomic E-state index is 0.0257. The van der Waals surface area contributed by atoms with Crippen molar-refractivity contribution in [3.8, 4) is 0 Å². The zero-order valence-electron chi connectivity index (χ0n) is 18.6. The number of hydrogen-bond donors (Lipinski definition) is 1. The minimum atomic E-state index is 0.0257. The number of hydrogen-bond acceptors (Lipinski definition) is 2. The number of fused-ring (bicyclic) bond motifs is 1. The van der Waals surface area contributed by atoms with Gasteiger partial charge in [-0.25, -0.2) is 0 Å². The molecule has 1 aliphatic heterocycles. The molecule has 1 aliphatic carbocycles. The van der Waals surface area contributed by atoms with Gasteiger partial charge in [-0.1, -0.05) is 44.2 Å². The van der Waals surface area contributed by atoms with Crippen molar-refractivity contribution < 1.29 is 4.79 Å². The van der Waals surface area contributed by atoms with Gasteiger partial charge in [0.05, 0.1) is 6.04 Å². The van der Waals surface area contributed by atoms with E-state index in [0.717, 1.165) is 24.4 Å². The van der Waals surface area contributed by atoms with Crippen LogP contribution in [0.4, 0.5) is 0 Å². The molecule has 2 atom stereocenters. The first-order valence-electron chi connectivity index (χ1n) is 11.9. The summed E-state index contributed by atoms with van der Waals surface area (Å²) in [5.74, 6) is 0.816. The Morgan fingerprint density at radius 2 is 1.83 bits per heavy atom. The molecule has 3 heteroatoms. The number of aryl methyl sites for hydroxylation is 2. The van der Waals surface area contributed by atoms with Crippen LogP contribution >= 0.6 is 0 Å². The average molecular weight is 405 g/mol. The maximum atomic E-state index is 12.9. The molecule has 0 saturated carbocycles. The molecule has 1 saturated heterocycles. The van der Waals surface area contributed by atoms with Crippen LogP contribution in [0.1, 0.15) is 84.6 Å². The molecule has 2 unspecified atom stereocenters. The van der Waals surface area contributed by atoms with Gasteiger partial charge < -0.3 is 5.32 Å². The molecule has 1 amide bonds. The molecule has 2 aromatic rings. The predicted molar refractivity (Wildman–Crippen MR) is 124 cm³/mol. The van der Waals surface area contributed by atoms with Gasteiger partial charge in [-0.15, -0.1) is 0 Å². The van der Waals surface area contributed by atoms with Crippen molar-refractivity contribution in [2.75, 3.05) is 13.1 Å². The largest absolute Gasteiger partial charge is 0.345 e. The lowest BCUT2D eigenvalue weighted by atomic mass is 9.88. The van der Waals surface area contributed by atoms with Crippen molar-refractivity contribution >= 4 is 5.91 Å². The van der Waals surface area contributed by atoms with E-state index in [1.54, 1.807) is 0 Å². The van der Waals surface area contributed by atoms with Crippen LogP contribution in [0.3, 0.4) is 0 Å². The van der Waals surface area contributed by atoms with Crippen molar-refractivity contribution in [3.63, 3.8) is 0 Å². The van der Waals surface area contributed by atoms with Gasteiger partial charge in [0.25, 0.3) is 5.91 Å². The van der Waals surface area contributed by atoms with Crippen LogP contribution in [0.25, 0.3) is 0 Å². The fourth-order valence-corrected chi connectivity index (χ4v) is 5.08. The van der Waals surface area contributed by atoms with Gasteiger partial charge in [0.1, 0.15) is 0 Å². The molecule has 0 spiro atoms. The van der Waals surface area contributed by atoms with Crippen molar-refractivity contribution in [1.82, 2.24) is 10.2 Å². The number of nitrogens with one attached hydrogen (secondary N) is 1. The maximum absolute atomic E-state index is 12.9. The second kappa shape index (κ2) is 9.78. The lowest BCUT2D eigenvalue weighted by Gasteiger charge is -2.30. The fourth-order valence-electron chi connectivity index (χ4n) is 5.08. The molecule has 30 heavy (non-hydrogen) atoms. The molecule has 3 nitrogen and oxygen atoms in total. The van der Waals surface area contributed by atoms with Crippen LogP contribution < -0.4 is 5.32 Å². The number of rotatable bonds is 6. The Labute approximate surface area is 181 Å². The number of likely N-dealkylation sites (tertiary alicyclic amines) is 1. The summed E-state index contributed by atoms with van der Waals surface area (Å²) in [6.45, 7) is 7.84. The fraction of sp³-hybridized carbons (Fsp3) is 0.519. The predicted octanol–water partition coefficient (Wildman–Crippen LogP) is 5.68. The highest BCUT2D eigenvalue weighted by Gasteiger charge is 2.18. The third-order valence-corrected chi connectivity index (χ3v) is 6.85. The van der Waals surface area contributed by atoms with Gasteiger partial charge in [-0.05, 0) is 91.8 Å². The molecule has 1 N–H and O–H groups in total. The zero-order valence-corrected chi connectivity index (χ0v) is 18.6. The number of piperidine rings is 1. The third-order valence-electron chi connectivity index (χ3n) is 6.85. The molecular formula is C27H36N2O. The van der Waals surface area contributed by atoms with E-state index in [1.165, 1.54) is 73.9 Å². The van der Waals surface area contributed by atoms with E-state index in [4.69, 9.17) is 0 Å². The summed E-state index contributed by atoms with van der Waals surface area (Å²) in [6.07, 6.45) is 8.48. The Morgan fingerprint density at radius 1 is 1.07 bits per heavy atom. The van der Waals surface area contributed by atoms with Crippen LogP contribution in [0.2, 0.25) is 0 Å². The van der Waals surface area contributed by atoms with Crippen LogP contribution in [0.15, 0.2) is 42.5 Å². The number of amides is 1. The van der Waals surface area contributed by atoms with Gasteiger partial charge in [-0.3, -0.25) is 9.69 Å². The topological polar surface area (TPSA) is 32.3 Å². The number of carbonyl (C=O) groups is 1. The van der Waals surface area contributed by atoms with Crippen LogP contribution in [0, 0.1) is 5.92 Å². The Morgan fingerprint density at radius 3 is 2.57 bits per heavy atom. The number of benzene rings is 2. The molecule has 160 valence electrons. The summed E-state index contributed by atoms with van der Waals surface area (Å²) >= 11 is 0. The number of nitrogens with zero attached hydrogens (tertiary/aromatic N) is 1. The summed E-state index contributed by atoms with van der Waals surface area (Å²) in [4.78, 5) is 15.4. The summed E-state index contributed by atoms with van der Waals surface area (Å²) in [6, 6.07) is 15.1. The number of carbonyl (C=O) groups excluding carboxylic acids is 1. The van der Waals surface area contributed by atoms with E-state index in [1.807, 2.05) is 12.1 Å². The van der Waals surface area contributed by atoms with E-state index < -0.39 is 0 Å². The Hall–Kier alpha value is -2.13. The SMILES string of the molecule is CCC(NC(=O)c1ccc(CN2CCCC(C)C2)cc1)c1ccc2c(c1)CCCC2. The molecule has 0 radical (unpaired) electrons. The van der Waals surface area contributed by atoms with Crippen molar-refractivity contribution in [2.45, 2.75) is 71.4 Å². The molecule has 0 bridgehead atoms. The first kappa shape index (κ1) is 21.1. The Balaban J connectivity index is 1.38. The highest BCUT2D eigenvalue weighted by molar-refractivity contribution is 5.94. The Bertz CT molecular complexity index is 858. The molecule has 4 rings (SSSR count). The summed E-state index contributed by atoms with van der Waals surface area (Å²) in [7, 11) is 0. The van der Waals surface area contributed by atoms with Crippen LogP contribution in [-0.2, 0) is 19.4 Å². The Kier molecular flexibility index (Phi) is 6.89. The second-order valence-corrected chi connectivity index (χ2v) is 9.35. The highest BCUT2D eigenvalue weighted by atomic mass is 16.1. The quantitative estimate of drug-likeness (QED) is 0.672. The van der Waals surface area contributed by atoms with E-state index >= 15 is 0 Å². The highest BCUT2D eigenvalue weighted by Crippen LogP contribution is 2.26. The lowest BCUT2D eigenvalue weighted by molar-refractivity contribution is 0.0935. The molecule has 1 fully saturated rings. The van der Waals surface area contributed by atoms with E-state index in [9.17, 15) is 4.79 Å². The first-order chi connectivity index (χ1) is 14.6. The second-order valence-electron chi connectivity index (χ2n) is 9.35. The molecule has 2 aromatic carbocycles. The minimum Gasteiger partial charge on any atom is -0.345 e. The molecule has 0 aromatic heterocycles. The zero-order chi connectivity index (χ0) is 20.9. The van der Waals surface area contributed by atoms with E-state index in [0.29, 0.717) is 0 Å². The third kappa shape index (κ3) is 5.13. The van der Waals surface area contributed by atoms with E-state index in [2.05, 4.69) is 54.4 Å². The van der Waals surface area contributed by atoms with E-state index in [-0.39, 0.29) is 11.9 Å². The van der Waals surface area contributed by atoms with Gasteiger partial charge in [0.2, 0.25) is 0 Å². The average Bonchev–Trinajstić information content (AvgIpc) is 2.77. The smallest absolute Gasteiger partial charge is 0.251 e. The van der Waals surface area contributed by atoms with Gasteiger partial charge in [0.15, 0.2) is 0 Å². The van der Waals surface area contributed by atoms with Crippen LogP contribution in [-0.4, -0.2) is 23.9 Å². The maximum Gasteiger partial charge on any atom is 0.251 e. The van der Waals surface area contributed by atoms with Crippen molar-refractivity contribution in [2.24, 2.45) is 5.92 Å². The van der Waals surface area contributed by atoms with Crippen molar-refractivity contribution in [1.29, 1.82) is 0 Å². The monoisotopic (exact) mass is 404 g/mol. The molecular weight excluding hydrogens is 368 g/mol. The van der Waals surface area contributed by atoms with Gasteiger partial charge in [-0.2, -0.15) is 0 Å². The molecule has 1 heterocycles. The van der Waals surface area contributed by atoms with Gasteiger partial charge >= 0.3 is 0 Å². The van der Waals surface area contributed by atoms with Crippen molar-refractivity contribution in [3.05, 3.63) is 70.3 Å². The lowest BCUT2D eigenvalue weighted by Crippen LogP contribution is -2.33. The van der Waals surface area contributed by atoms with Gasteiger partial charge in [0, 0.05) is 18.7 Å². The first-order valence-corrected chi connectivity index (χ1v) is 11.9.